The van der Waals surface area contributed by atoms with Gasteiger partial charge in [0.15, 0.2) is 0 Å². The van der Waals surface area contributed by atoms with E-state index >= 15 is 0 Å². The van der Waals surface area contributed by atoms with Crippen molar-refractivity contribution in [3.8, 4) is 5.75 Å². The number of phenolic OH excluding ortho intramolecular Hbond substituents is 1. The minimum atomic E-state index is -1.28. The zero-order chi connectivity index (χ0) is 7.56. The third-order valence-electron chi connectivity index (χ3n) is 1.08. The zero-order valence-electron chi connectivity index (χ0n) is 6.07. The maximum Gasteiger partial charge on any atom is 1.00 e. The van der Waals surface area contributed by atoms with Crippen LogP contribution in [0.15, 0.2) is 24.3 Å². The van der Waals surface area contributed by atoms with Crippen molar-refractivity contribution in [1.82, 2.24) is 0 Å². The molecule has 1 rings (SSSR count). The Hall–Kier alpha value is 0.126. The van der Waals surface area contributed by atoms with Crippen molar-refractivity contribution in [1.29, 1.82) is 0 Å². The monoisotopic (exact) mass is 176 g/mol. The van der Waals surface area contributed by atoms with Crippen molar-refractivity contribution < 1.29 is 66.4 Å². The average molecular weight is 176 g/mol. The molecule has 0 atom stereocenters. The van der Waals surface area contributed by atoms with Gasteiger partial charge < -0.3 is 15.0 Å². The first-order chi connectivity index (χ1) is 4.70. The number of carbonyl (C=O) groups excluding carboxylic acids is 1. The standard InChI is InChI=1S/C7H6O3.K/c8-6-3-1-2-5(4-6)7(9)10;/h1-4,8H,(H,9,10);/q;+1/p-1. The van der Waals surface area contributed by atoms with Crippen molar-refractivity contribution in [3.63, 3.8) is 0 Å². The van der Waals surface area contributed by atoms with Gasteiger partial charge in [-0.05, 0) is 12.1 Å². The van der Waals surface area contributed by atoms with Gasteiger partial charge in [-0.15, -0.1) is 0 Å². The summed E-state index contributed by atoms with van der Waals surface area (Å²) in [7, 11) is 0. The Morgan fingerprint density at radius 1 is 1.45 bits per heavy atom. The van der Waals surface area contributed by atoms with Crippen molar-refractivity contribution >= 4 is 5.97 Å². The summed E-state index contributed by atoms with van der Waals surface area (Å²) in [5.41, 5.74) is -0.0139. The largest absolute Gasteiger partial charge is 1.00 e. The maximum absolute atomic E-state index is 10.1. The van der Waals surface area contributed by atoms with Crippen molar-refractivity contribution in [2.45, 2.75) is 0 Å². The second kappa shape index (κ2) is 4.90. The van der Waals surface area contributed by atoms with Crippen LogP contribution in [-0.2, 0) is 0 Å². The molecule has 0 spiro atoms. The molecule has 0 amide bonds. The van der Waals surface area contributed by atoms with Crippen LogP contribution < -0.4 is 56.5 Å². The minimum absolute atomic E-state index is 0. The van der Waals surface area contributed by atoms with Crippen LogP contribution in [-0.4, -0.2) is 11.1 Å². The number of benzene rings is 1. The third-order valence-corrected chi connectivity index (χ3v) is 1.08. The third kappa shape index (κ3) is 3.35. The Balaban J connectivity index is 0.000001000. The van der Waals surface area contributed by atoms with E-state index in [1.807, 2.05) is 0 Å². The molecule has 0 saturated heterocycles. The zero-order valence-corrected chi connectivity index (χ0v) is 9.20. The van der Waals surface area contributed by atoms with Gasteiger partial charge >= 0.3 is 51.4 Å². The molecule has 0 radical (unpaired) electrons. The van der Waals surface area contributed by atoms with E-state index in [9.17, 15) is 9.90 Å². The summed E-state index contributed by atoms with van der Waals surface area (Å²) in [6.07, 6.45) is 0. The minimum Gasteiger partial charge on any atom is -0.545 e. The molecule has 3 nitrogen and oxygen atoms in total. The summed E-state index contributed by atoms with van der Waals surface area (Å²) >= 11 is 0. The molecule has 1 N–H and O–H groups in total. The van der Waals surface area contributed by atoms with E-state index < -0.39 is 5.97 Å². The predicted molar refractivity (Wildman–Crippen MR) is 32.4 cm³/mol. The smallest absolute Gasteiger partial charge is 0.545 e. The van der Waals surface area contributed by atoms with Crippen LogP contribution in [0.4, 0.5) is 0 Å². The number of phenols is 1. The molecule has 0 aromatic heterocycles. The van der Waals surface area contributed by atoms with Crippen LogP contribution in [0.1, 0.15) is 10.4 Å². The van der Waals surface area contributed by atoms with Crippen LogP contribution in [0.25, 0.3) is 0 Å². The van der Waals surface area contributed by atoms with E-state index in [0.29, 0.717) is 0 Å². The fourth-order valence-electron chi connectivity index (χ4n) is 0.633. The first kappa shape index (κ1) is 11.1. The normalized spacial score (nSPS) is 8.36. The van der Waals surface area contributed by atoms with Gasteiger partial charge in [0.2, 0.25) is 0 Å². The molecule has 0 fully saturated rings. The number of hydrogen-bond acceptors (Lipinski definition) is 3. The van der Waals surface area contributed by atoms with Crippen molar-refractivity contribution in [3.05, 3.63) is 29.8 Å². The molecule has 4 heteroatoms. The molecular weight excluding hydrogens is 171 g/mol. The Morgan fingerprint density at radius 3 is 2.45 bits per heavy atom. The Kier molecular flexibility index (Phi) is 4.95. The van der Waals surface area contributed by atoms with Gasteiger partial charge in [0, 0.05) is 5.56 Å². The summed E-state index contributed by atoms with van der Waals surface area (Å²) in [6.45, 7) is 0. The number of carbonyl (C=O) groups is 1. The molecule has 11 heavy (non-hydrogen) atoms. The van der Waals surface area contributed by atoms with E-state index in [4.69, 9.17) is 5.11 Å². The molecule has 0 heterocycles. The first-order valence-corrected chi connectivity index (χ1v) is 2.70. The van der Waals surface area contributed by atoms with Gasteiger partial charge in [-0.1, -0.05) is 12.1 Å². The van der Waals surface area contributed by atoms with Crippen LogP contribution in [0.5, 0.6) is 5.75 Å². The number of carboxylic acid groups (broad SMARTS) is 1. The van der Waals surface area contributed by atoms with E-state index in [1.54, 1.807) is 0 Å². The average Bonchev–Trinajstić information content (AvgIpc) is 1.88. The molecule has 52 valence electrons. The van der Waals surface area contributed by atoms with Gasteiger partial charge in [0.25, 0.3) is 0 Å². The number of aromatic hydroxyl groups is 1. The molecule has 0 saturated carbocycles. The van der Waals surface area contributed by atoms with Crippen LogP contribution in [0.2, 0.25) is 0 Å². The molecule has 0 bridgehead atoms. The Labute approximate surface area is 106 Å². The molecule has 0 aliphatic carbocycles. The molecule has 0 aliphatic rings. The maximum atomic E-state index is 10.1. The van der Waals surface area contributed by atoms with Crippen LogP contribution in [0, 0.1) is 0 Å². The van der Waals surface area contributed by atoms with Gasteiger partial charge in [0.1, 0.15) is 5.75 Å². The quantitative estimate of drug-likeness (QED) is 0.457. The van der Waals surface area contributed by atoms with E-state index in [-0.39, 0.29) is 62.7 Å². The topological polar surface area (TPSA) is 60.4 Å². The summed E-state index contributed by atoms with van der Waals surface area (Å²) in [6, 6.07) is 5.33. The molecule has 0 unspecified atom stereocenters. The molecule has 1 aromatic carbocycles. The Bertz CT molecular complexity index is 260. The van der Waals surface area contributed by atoms with Crippen LogP contribution >= 0.6 is 0 Å². The fourth-order valence-corrected chi connectivity index (χ4v) is 0.633. The van der Waals surface area contributed by atoms with E-state index in [1.165, 1.54) is 18.2 Å². The second-order valence-corrected chi connectivity index (χ2v) is 1.84. The number of rotatable bonds is 1. The Morgan fingerprint density at radius 2 is 2.09 bits per heavy atom. The fraction of sp³-hybridized carbons (Fsp3) is 0. The summed E-state index contributed by atoms with van der Waals surface area (Å²) in [4.78, 5) is 10.1. The summed E-state index contributed by atoms with van der Waals surface area (Å²) in [5.74, 6) is -1.35. The van der Waals surface area contributed by atoms with Crippen molar-refractivity contribution in [2.24, 2.45) is 0 Å². The number of carboxylic acids is 1. The van der Waals surface area contributed by atoms with Gasteiger partial charge in [0.05, 0.1) is 5.97 Å². The second-order valence-electron chi connectivity index (χ2n) is 1.84. The summed E-state index contributed by atoms with van der Waals surface area (Å²) in [5, 5.41) is 18.9. The first-order valence-electron chi connectivity index (χ1n) is 2.70. The SMILES string of the molecule is O=C([O-])c1cccc(O)c1.[K+]. The van der Waals surface area contributed by atoms with E-state index in [0.717, 1.165) is 6.07 Å². The van der Waals surface area contributed by atoms with Gasteiger partial charge in [-0.2, -0.15) is 0 Å². The predicted octanol–water partition coefficient (Wildman–Crippen LogP) is -3.24. The number of hydrogen-bond donors (Lipinski definition) is 1. The van der Waals surface area contributed by atoms with Crippen LogP contribution in [0.3, 0.4) is 0 Å². The van der Waals surface area contributed by atoms with Gasteiger partial charge in [-0.3, -0.25) is 0 Å². The number of aromatic carboxylic acids is 1. The van der Waals surface area contributed by atoms with E-state index in [2.05, 4.69) is 0 Å². The molecule has 0 aliphatic heterocycles. The molecule has 1 aromatic rings. The summed E-state index contributed by atoms with van der Waals surface area (Å²) < 4.78 is 0. The molecular formula is C7H5KO3. The van der Waals surface area contributed by atoms with Gasteiger partial charge in [-0.25, -0.2) is 0 Å². The van der Waals surface area contributed by atoms with Crippen molar-refractivity contribution in [2.75, 3.05) is 0 Å².